The fourth-order valence-corrected chi connectivity index (χ4v) is 3.42. The quantitative estimate of drug-likeness (QED) is 0.730. The van der Waals surface area contributed by atoms with Gasteiger partial charge in [0.2, 0.25) is 0 Å². The molecule has 7 heteroatoms. The fraction of sp³-hybridized carbons (Fsp3) is 0.105. The maximum absolute atomic E-state index is 12.5. The number of ether oxygens (including phenoxy) is 1. The molecule has 3 rings (SSSR count). The maximum Gasteiger partial charge on any atom is 0.266 e. The van der Waals surface area contributed by atoms with E-state index >= 15 is 0 Å². The van der Waals surface area contributed by atoms with Gasteiger partial charge in [0.05, 0.1) is 15.6 Å². The number of halogens is 1. The Hall–Kier alpha value is -2.75. The Morgan fingerprint density at radius 2 is 2.12 bits per heavy atom. The first kappa shape index (κ1) is 18.1. The minimum atomic E-state index is -0.135. The average molecular weight is 384 g/mol. The van der Waals surface area contributed by atoms with Crippen LogP contribution in [0.25, 0.3) is 6.08 Å². The number of nitriles is 1. The van der Waals surface area contributed by atoms with Crippen LogP contribution in [0.4, 0.5) is 5.69 Å². The van der Waals surface area contributed by atoms with Crippen molar-refractivity contribution in [3.05, 3.63) is 64.0 Å². The topological polar surface area (TPSA) is 65.7 Å². The Balaban J connectivity index is 1.86. The lowest BCUT2D eigenvalue weighted by Gasteiger charge is -2.07. The predicted octanol–water partition coefficient (Wildman–Crippen LogP) is 4.48. The van der Waals surface area contributed by atoms with Gasteiger partial charge < -0.3 is 4.74 Å². The van der Waals surface area contributed by atoms with Crippen molar-refractivity contribution in [3.63, 3.8) is 0 Å². The number of amidine groups is 1. The smallest absolute Gasteiger partial charge is 0.266 e. The van der Waals surface area contributed by atoms with E-state index in [-0.39, 0.29) is 12.5 Å². The van der Waals surface area contributed by atoms with E-state index in [0.717, 1.165) is 5.56 Å². The Labute approximate surface area is 160 Å². The third-order valence-electron chi connectivity index (χ3n) is 3.53. The number of para-hydroxylation sites is 1. The molecule has 1 heterocycles. The van der Waals surface area contributed by atoms with E-state index < -0.39 is 0 Å². The van der Waals surface area contributed by atoms with Crippen molar-refractivity contribution in [2.24, 2.45) is 4.99 Å². The molecule has 0 atom stereocenters. The molecule has 130 valence electrons. The number of hydrogen-bond acceptors (Lipinski definition) is 5. The lowest BCUT2D eigenvalue weighted by Crippen LogP contribution is -2.23. The second kappa shape index (κ2) is 8.09. The molecule has 0 aliphatic carbocycles. The van der Waals surface area contributed by atoms with E-state index in [1.165, 1.54) is 16.7 Å². The van der Waals surface area contributed by atoms with Gasteiger partial charge in [0.15, 0.2) is 11.8 Å². The number of rotatable bonds is 4. The van der Waals surface area contributed by atoms with Gasteiger partial charge in [-0.1, -0.05) is 35.9 Å². The number of aliphatic imine (C=N–C) groups is 1. The normalized spacial score (nSPS) is 17.0. The minimum absolute atomic E-state index is 0.0227. The van der Waals surface area contributed by atoms with Crippen LogP contribution in [0.3, 0.4) is 0 Å². The van der Waals surface area contributed by atoms with Gasteiger partial charge in [-0.2, -0.15) is 5.26 Å². The number of amides is 1. The Kier molecular flexibility index (Phi) is 5.61. The number of likely N-dealkylation sites (N-methyl/N-ethyl adjacent to an activating group) is 1. The number of carbonyl (C=O) groups excluding carboxylic acids is 1. The van der Waals surface area contributed by atoms with Crippen LogP contribution in [0.1, 0.15) is 5.56 Å². The molecule has 0 saturated carbocycles. The molecule has 2 aromatic rings. The zero-order valence-electron chi connectivity index (χ0n) is 13.8. The van der Waals surface area contributed by atoms with Crippen molar-refractivity contribution < 1.29 is 9.53 Å². The predicted molar refractivity (Wildman–Crippen MR) is 104 cm³/mol. The van der Waals surface area contributed by atoms with Gasteiger partial charge >= 0.3 is 0 Å². The number of thioether (sulfide) groups is 1. The van der Waals surface area contributed by atoms with Crippen molar-refractivity contribution in [2.45, 2.75) is 0 Å². The van der Waals surface area contributed by atoms with Crippen molar-refractivity contribution in [1.82, 2.24) is 4.90 Å². The van der Waals surface area contributed by atoms with Crippen LogP contribution in [0.2, 0.25) is 5.02 Å². The largest absolute Gasteiger partial charge is 0.479 e. The summed E-state index contributed by atoms with van der Waals surface area (Å²) in [6, 6.07) is 16.4. The van der Waals surface area contributed by atoms with Crippen LogP contribution in [-0.2, 0) is 4.79 Å². The average Bonchev–Trinajstić information content (AvgIpc) is 2.90. The number of nitrogens with zero attached hydrogens (tertiary/aromatic N) is 3. The number of benzene rings is 2. The Morgan fingerprint density at radius 3 is 2.88 bits per heavy atom. The van der Waals surface area contributed by atoms with Gasteiger partial charge in [0.1, 0.15) is 11.8 Å². The van der Waals surface area contributed by atoms with Crippen molar-refractivity contribution >= 4 is 46.2 Å². The molecule has 0 aromatic heterocycles. The van der Waals surface area contributed by atoms with Crippen LogP contribution in [-0.4, -0.2) is 29.6 Å². The summed E-state index contributed by atoms with van der Waals surface area (Å²) in [7, 11) is 1.68. The van der Waals surface area contributed by atoms with Crippen molar-refractivity contribution in [2.75, 3.05) is 13.7 Å². The zero-order chi connectivity index (χ0) is 18.5. The standard InChI is InChI=1S/C19H14ClN3O2S/c1-23-18(24)17(12-13-5-4-6-14(11-13)25-10-9-21)26-19(23)22-16-8-3-2-7-15(16)20/h2-8,11-12H,10H2,1H3/b17-12-,22-19?. The van der Waals surface area contributed by atoms with Gasteiger partial charge in [-0.05, 0) is 47.7 Å². The fourth-order valence-electron chi connectivity index (χ4n) is 2.26. The van der Waals surface area contributed by atoms with E-state index in [9.17, 15) is 4.79 Å². The van der Waals surface area contributed by atoms with Gasteiger partial charge in [0.25, 0.3) is 5.91 Å². The monoisotopic (exact) mass is 383 g/mol. The first-order valence-corrected chi connectivity index (χ1v) is 8.88. The maximum atomic E-state index is 12.5. The summed E-state index contributed by atoms with van der Waals surface area (Å²) in [6.45, 7) is -0.0227. The molecule has 5 nitrogen and oxygen atoms in total. The molecule has 2 aromatic carbocycles. The Morgan fingerprint density at radius 1 is 1.31 bits per heavy atom. The van der Waals surface area contributed by atoms with Gasteiger partial charge in [0, 0.05) is 7.05 Å². The molecule has 1 amide bonds. The first-order valence-electron chi connectivity index (χ1n) is 7.69. The summed E-state index contributed by atoms with van der Waals surface area (Å²) in [6.07, 6.45) is 1.78. The van der Waals surface area contributed by atoms with Crippen LogP contribution in [0.5, 0.6) is 5.75 Å². The summed E-state index contributed by atoms with van der Waals surface area (Å²) in [4.78, 5) is 19.0. The van der Waals surface area contributed by atoms with E-state index in [1.807, 2.05) is 30.3 Å². The van der Waals surface area contributed by atoms with Gasteiger partial charge in [-0.25, -0.2) is 4.99 Å². The molecular weight excluding hydrogens is 370 g/mol. The highest BCUT2D eigenvalue weighted by Gasteiger charge is 2.30. The van der Waals surface area contributed by atoms with E-state index in [4.69, 9.17) is 21.6 Å². The molecule has 1 saturated heterocycles. The number of carbonyl (C=O) groups is 1. The van der Waals surface area contributed by atoms with Crippen LogP contribution >= 0.6 is 23.4 Å². The summed E-state index contributed by atoms with van der Waals surface area (Å²) < 4.78 is 5.29. The number of hydrogen-bond donors (Lipinski definition) is 0. The molecule has 0 radical (unpaired) electrons. The van der Waals surface area contributed by atoms with E-state index in [2.05, 4.69) is 4.99 Å². The second-order valence-electron chi connectivity index (χ2n) is 5.34. The Bertz CT molecular complexity index is 950. The molecule has 1 fully saturated rings. The third-order valence-corrected chi connectivity index (χ3v) is 4.91. The lowest BCUT2D eigenvalue weighted by molar-refractivity contribution is -0.121. The van der Waals surface area contributed by atoms with Crippen molar-refractivity contribution in [1.29, 1.82) is 5.26 Å². The first-order chi connectivity index (χ1) is 12.6. The van der Waals surface area contributed by atoms with Crippen LogP contribution in [0.15, 0.2) is 58.4 Å². The molecule has 0 unspecified atom stereocenters. The lowest BCUT2D eigenvalue weighted by atomic mass is 10.2. The summed E-state index contributed by atoms with van der Waals surface area (Å²) in [5, 5.41) is 9.69. The SMILES string of the molecule is CN1C(=O)/C(=C/c2cccc(OCC#N)c2)SC1=Nc1ccccc1Cl. The second-order valence-corrected chi connectivity index (χ2v) is 6.76. The highest BCUT2D eigenvalue weighted by atomic mass is 35.5. The van der Waals surface area contributed by atoms with Gasteiger partial charge in [-0.3, -0.25) is 9.69 Å². The molecule has 0 spiro atoms. The van der Waals surface area contributed by atoms with Crippen molar-refractivity contribution in [3.8, 4) is 11.8 Å². The third kappa shape index (κ3) is 4.07. The summed E-state index contributed by atoms with van der Waals surface area (Å²) in [5.74, 6) is 0.443. The van der Waals surface area contributed by atoms with Crippen LogP contribution in [0, 0.1) is 11.3 Å². The molecular formula is C19H14ClN3O2S. The highest BCUT2D eigenvalue weighted by molar-refractivity contribution is 8.18. The summed E-state index contributed by atoms with van der Waals surface area (Å²) in [5.41, 5.74) is 1.42. The molecule has 1 aliphatic heterocycles. The van der Waals surface area contributed by atoms with Crippen LogP contribution < -0.4 is 4.74 Å². The molecule has 26 heavy (non-hydrogen) atoms. The van der Waals surface area contributed by atoms with Gasteiger partial charge in [-0.15, -0.1) is 0 Å². The molecule has 1 aliphatic rings. The molecule has 0 N–H and O–H groups in total. The highest BCUT2D eigenvalue weighted by Crippen LogP contribution is 2.35. The zero-order valence-corrected chi connectivity index (χ0v) is 15.4. The summed E-state index contributed by atoms with van der Waals surface area (Å²) >= 11 is 7.43. The van der Waals surface area contributed by atoms with E-state index in [1.54, 1.807) is 37.4 Å². The molecule has 0 bridgehead atoms. The van der Waals surface area contributed by atoms with E-state index in [0.29, 0.717) is 26.5 Å². The minimum Gasteiger partial charge on any atom is -0.479 e.